The summed E-state index contributed by atoms with van der Waals surface area (Å²) in [4.78, 5) is 37.9. The Morgan fingerprint density at radius 1 is 0.333 bits per heavy atom. The van der Waals surface area contributed by atoms with Crippen LogP contribution in [0.3, 0.4) is 0 Å². The molecule has 0 fully saturated rings. The molecule has 0 aliphatic carbocycles. The van der Waals surface area contributed by atoms with E-state index in [0.29, 0.717) is 19.3 Å². The van der Waals surface area contributed by atoms with Crippen molar-refractivity contribution in [1.29, 1.82) is 0 Å². The van der Waals surface area contributed by atoms with Crippen LogP contribution in [0.1, 0.15) is 292 Å². The number of rotatable bonds is 47. The average Bonchev–Trinajstić information content (AvgIpc) is 3.22. The molecule has 1 unspecified atom stereocenters. The number of hydrogen-bond donors (Lipinski definition) is 0. The summed E-state index contributed by atoms with van der Waals surface area (Å²) in [5, 5.41) is 0. The van der Waals surface area contributed by atoms with Crippen molar-refractivity contribution in [3.8, 4) is 0 Å². The Labute approximate surface area is 374 Å². The number of hydrogen-bond acceptors (Lipinski definition) is 6. The van der Waals surface area contributed by atoms with Crippen molar-refractivity contribution in [2.24, 2.45) is 17.8 Å². The molecule has 356 valence electrons. The lowest BCUT2D eigenvalue weighted by molar-refractivity contribution is -0.167. The molecular weight excluding hydrogens is 745 g/mol. The Morgan fingerprint density at radius 3 is 0.867 bits per heavy atom. The summed E-state index contributed by atoms with van der Waals surface area (Å²) in [5.41, 5.74) is 0. The standard InChI is InChI=1S/C54H104O6/c1-7-50(6)42-36-30-23-20-21-24-31-37-43-52(55)58-46-51(47-59-53(56)44-38-32-27-26-29-35-41-49(4)5)60-54(57)45-39-33-25-19-17-15-13-11-9-8-10-12-14-16-18-22-28-34-40-48(2)3/h48-51H,7-47H2,1-6H3/t50?,51-/m1/s1. The van der Waals surface area contributed by atoms with Gasteiger partial charge in [-0.15, -0.1) is 0 Å². The third kappa shape index (κ3) is 45.9. The van der Waals surface area contributed by atoms with Crippen LogP contribution in [0.25, 0.3) is 0 Å². The number of ether oxygens (including phenoxy) is 3. The molecule has 0 saturated carbocycles. The van der Waals surface area contributed by atoms with Gasteiger partial charge >= 0.3 is 17.9 Å². The monoisotopic (exact) mass is 849 g/mol. The molecule has 0 saturated heterocycles. The maximum absolute atomic E-state index is 12.8. The minimum Gasteiger partial charge on any atom is -0.462 e. The van der Waals surface area contributed by atoms with Gasteiger partial charge in [-0.05, 0) is 37.0 Å². The van der Waals surface area contributed by atoms with Crippen molar-refractivity contribution < 1.29 is 28.6 Å². The molecule has 6 heteroatoms. The highest BCUT2D eigenvalue weighted by Gasteiger charge is 2.19. The minimum atomic E-state index is -0.763. The quantitative estimate of drug-likeness (QED) is 0.0345. The molecule has 0 N–H and O–H groups in total. The highest BCUT2D eigenvalue weighted by molar-refractivity contribution is 5.71. The van der Waals surface area contributed by atoms with Crippen LogP contribution in [0.4, 0.5) is 0 Å². The Morgan fingerprint density at radius 2 is 0.583 bits per heavy atom. The maximum atomic E-state index is 12.8. The highest BCUT2D eigenvalue weighted by Crippen LogP contribution is 2.18. The van der Waals surface area contributed by atoms with Gasteiger partial charge in [-0.1, -0.05) is 253 Å². The summed E-state index contributed by atoms with van der Waals surface area (Å²) in [6, 6.07) is 0. The lowest BCUT2D eigenvalue weighted by Gasteiger charge is -2.18. The van der Waals surface area contributed by atoms with Crippen molar-refractivity contribution in [2.45, 2.75) is 298 Å². The molecular formula is C54H104O6. The van der Waals surface area contributed by atoms with Crippen molar-refractivity contribution in [2.75, 3.05) is 13.2 Å². The Balaban J connectivity index is 4.21. The summed E-state index contributed by atoms with van der Waals surface area (Å²) in [7, 11) is 0. The normalized spacial score (nSPS) is 12.6. The third-order valence-corrected chi connectivity index (χ3v) is 12.5. The van der Waals surface area contributed by atoms with E-state index in [1.165, 1.54) is 173 Å². The summed E-state index contributed by atoms with van der Waals surface area (Å²) < 4.78 is 16.8. The molecule has 60 heavy (non-hydrogen) atoms. The molecule has 0 aromatic rings. The van der Waals surface area contributed by atoms with Gasteiger partial charge in [0, 0.05) is 19.3 Å². The first-order chi connectivity index (χ1) is 29.1. The highest BCUT2D eigenvalue weighted by atomic mass is 16.6. The predicted octanol–water partition coefficient (Wildman–Crippen LogP) is 17.2. The van der Waals surface area contributed by atoms with E-state index in [0.717, 1.165) is 75.5 Å². The molecule has 0 aromatic heterocycles. The van der Waals surface area contributed by atoms with E-state index in [4.69, 9.17) is 14.2 Å². The van der Waals surface area contributed by atoms with Crippen molar-refractivity contribution in [1.82, 2.24) is 0 Å². The zero-order valence-electron chi connectivity index (χ0n) is 41.3. The predicted molar refractivity (Wildman–Crippen MR) is 256 cm³/mol. The Hall–Kier alpha value is -1.59. The van der Waals surface area contributed by atoms with Gasteiger partial charge in [0.2, 0.25) is 0 Å². The Bertz CT molecular complexity index is 931. The summed E-state index contributed by atoms with van der Waals surface area (Å²) in [5.74, 6) is 1.61. The second-order valence-electron chi connectivity index (χ2n) is 19.7. The summed E-state index contributed by atoms with van der Waals surface area (Å²) in [6.45, 7) is 13.7. The van der Waals surface area contributed by atoms with Gasteiger partial charge in [-0.2, -0.15) is 0 Å². The second-order valence-corrected chi connectivity index (χ2v) is 19.7. The van der Waals surface area contributed by atoms with Crippen molar-refractivity contribution in [3.05, 3.63) is 0 Å². The van der Waals surface area contributed by atoms with Crippen molar-refractivity contribution in [3.63, 3.8) is 0 Å². The number of unbranched alkanes of at least 4 members (excludes halogenated alkanes) is 29. The summed E-state index contributed by atoms with van der Waals surface area (Å²) >= 11 is 0. The van der Waals surface area contributed by atoms with Crippen LogP contribution in [0.5, 0.6) is 0 Å². The first-order valence-corrected chi connectivity index (χ1v) is 26.6. The lowest BCUT2D eigenvalue weighted by Crippen LogP contribution is -2.30. The van der Waals surface area contributed by atoms with Crippen LogP contribution in [-0.2, 0) is 28.6 Å². The number of carbonyl (C=O) groups is 3. The fourth-order valence-electron chi connectivity index (χ4n) is 8.08. The van der Waals surface area contributed by atoms with E-state index in [2.05, 4.69) is 41.5 Å². The largest absolute Gasteiger partial charge is 0.462 e. The molecule has 0 amide bonds. The van der Waals surface area contributed by atoms with E-state index in [9.17, 15) is 14.4 Å². The lowest BCUT2D eigenvalue weighted by atomic mass is 9.99. The zero-order chi connectivity index (χ0) is 44.2. The molecule has 0 rings (SSSR count). The van der Waals surface area contributed by atoms with Crippen LogP contribution in [0, 0.1) is 17.8 Å². The van der Waals surface area contributed by atoms with E-state index in [1.54, 1.807) is 0 Å². The van der Waals surface area contributed by atoms with Crippen LogP contribution < -0.4 is 0 Å². The van der Waals surface area contributed by atoms with Crippen LogP contribution >= 0.6 is 0 Å². The maximum Gasteiger partial charge on any atom is 0.306 e. The summed E-state index contributed by atoms with van der Waals surface area (Å²) in [6.07, 6.45) is 45.4. The van der Waals surface area contributed by atoms with Crippen LogP contribution in [0.15, 0.2) is 0 Å². The molecule has 0 aliphatic heterocycles. The molecule has 0 aliphatic rings. The molecule has 0 radical (unpaired) electrons. The average molecular weight is 849 g/mol. The molecule has 0 heterocycles. The fourth-order valence-corrected chi connectivity index (χ4v) is 8.08. The zero-order valence-corrected chi connectivity index (χ0v) is 41.3. The molecule has 2 atom stereocenters. The van der Waals surface area contributed by atoms with Gasteiger partial charge in [0.15, 0.2) is 6.10 Å². The van der Waals surface area contributed by atoms with E-state index >= 15 is 0 Å². The fraction of sp³-hybridized carbons (Fsp3) is 0.944. The minimum absolute atomic E-state index is 0.0658. The van der Waals surface area contributed by atoms with E-state index in [-0.39, 0.29) is 31.1 Å². The van der Waals surface area contributed by atoms with Gasteiger partial charge in [-0.25, -0.2) is 0 Å². The van der Waals surface area contributed by atoms with Gasteiger partial charge in [0.05, 0.1) is 0 Å². The SMILES string of the molecule is CCC(C)CCCCCCCCCCC(=O)OC[C@H](COC(=O)CCCCCCCCC(C)C)OC(=O)CCCCCCCCCCCCCCCCCCCCC(C)C. The first-order valence-electron chi connectivity index (χ1n) is 26.6. The number of carbonyl (C=O) groups excluding carboxylic acids is 3. The molecule has 0 bridgehead atoms. The van der Waals surface area contributed by atoms with Crippen molar-refractivity contribution >= 4 is 17.9 Å². The third-order valence-electron chi connectivity index (χ3n) is 12.5. The molecule has 6 nitrogen and oxygen atoms in total. The van der Waals surface area contributed by atoms with Gasteiger partial charge in [0.1, 0.15) is 13.2 Å². The van der Waals surface area contributed by atoms with Gasteiger partial charge in [-0.3, -0.25) is 14.4 Å². The van der Waals surface area contributed by atoms with Crippen LogP contribution in [-0.4, -0.2) is 37.2 Å². The van der Waals surface area contributed by atoms with Crippen LogP contribution in [0.2, 0.25) is 0 Å². The molecule has 0 spiro atoms. The van der Waals surface area contributed by atoms with Gasteiger partial charge in [0.25, 0.3) is 0 Å². The Kier molecular flexibility index (Phi) is 44.2. The molecule has 0 aromatic carbocycles. The second kappa shape index (κ2) is 45.4. The topological polar surface area (TPSA) is 78.9 Å². The van der Waals surface area contributed by atoms with E-state index < -0.39 is 6.10 Å². The number of esters is 3. The van der Waals surface area contributed by atoms with Gasteiger partial charge < -0.3 is 14.2 Å². The smallest absolute Gasteiger partial charge is 0.306 e. The first kappa shape index (κ1) is 58.4. The van der Waals surface area contributed by atoms with E-state index in [1.807, 2.05) is 0 Å².